The molecule has 0 spiro atoms. The molecule has 0 aromatic rings. The fourth-order valence-electron chi connectivity index (χ4n) is 2.63. The van der Waals surface area contributed by atoms with Gasteiger partial charge >= 0.3 is 11.9 Å². The summed E-state index contributed by atoms with van der Waals surface area (Å²) in [6.07, 6.45) is 0.598. The van der Waals surface area contributed by atoms with E-state index in [1.807, 2.05) is 13.8 Å². The lowest BCUT2D eigenvalue weighted by molar-refractivity contribution is -0.166. The molecule has 5 heteroatoms. The lowest BCUT2D eigenvalue weighted by Gasteiger charge is -2.42. The summed E-state index contributed by atoms with van der Waals surface area (Å²) in [5, 5.41) is 18.7. The van der Waals surface area contributed by atoms with Crippen molar-refractivity contribution in [2.75, 3.05) is 13.1 Å². The number of rotatable bonds is 8. The van der Waals surface area contributed by atoms with Crippen molar-refractivity contribution in [3.63, 3.8) is 0 Å². The van der Waals surface area contributed by atoms with E-state index in [2.05, 4.69) is 0 Å². The van der Waals surface area contributed by atoms with Crippen molar-refractivity contribution in [3.05, 3.63) is 0 Å². The third-order valence-electron chi connectivity index (χ3n) is 3.52. The van der Waals surface area contributed by atoms with Crippen LogP contribution < -0.4 is 0 Å². The number of carboxylic acid groups (broad SMARTS) is 2. The minimum atomic E-state index is -1.30. The number of carboxylic acids is 2. The molecule has 2 N–H and O–H groups in total. The summed E-state index contributed by atoms with van der Waals surface area (Å²) in [5.74, 6) is -2.97. The monoisotopic (exact) mass is 245 g/mol. The van der Waals surface area contributed by atoms with E-state index in [4.69, 9.17) is 0 Å². The average molecular weight is 245 g/mol. The van der Waals surface area contributed by atoms with Crippen LogP contribution in [0.25, 0.3) is 0 Å². The van der Waals surface area contributed by atoms with Gasteiger partial charge in [0.2, 0.25) is 0 Å². The van der Waals surface area contributed by atoms with E-state index in [0.717, 1.165) is 0 Å². The summed E-state index contributed by atoms with van der Waals surface area (Å²) in [6.45, 7) is 8.21. The van der Waals surface area contributed by atoms with Crippen LogP contribution in [0.3, 0.4) is 0 Å². The molecule has 1 unspecified atom stereocenters. The van der Waals surface area contributed by atoms with Crippen molar-refractivity contribution in [2.45, 2.75) is 46.1 Å². The molecule has 17 heavy (non-hydrogen) atoms. The Balaban J connectivity index is 5.63. The van der Waals surface area contributed by atoms with Crippen LogP contribution in [0.4, 0.5) is 0 Å². The summed E-state index contributed by atoms with van der Waals surface area (Å²) in [6, 6.07) is 0. The zero-order valence-electron chi connectivity index (χ0n) is 11.1. The molecule has 0 aromatic carbocycles. The minimum absolute atomic E-state index is 0.287. The highest BCUT2D eigenvalue weighted by Gasteiger charge is 2.50. The molecular formula is C12H23NO4. The fraction of sp³-hybridized carbons (Fsp3) is 0.833. The Morgan fingerprint density at radius 3 is 1.76 bits per heavy atom. The number of hydrogen-bond acceptors (Lipinski definition) is 3. The summed E-state index contributed by atoms with van der Waals surface area (Å²) in [5.41, 5.74) is -1.30. The van der Waals surface area contributed by atoms with Crippen molar-refractivity contribution in [2.24, 2.45) is 5.92 Å². The molecule has 0 saturated heterocycles. The van der Waals surface area contributed by atoms with Crippen molar-refractivity contribution in [1.82, 2.24) is 4.90 Å². The average Bonchev–Trinajstić information content (AvgIpc) is 2.28. The van der Waals surface area contributed by atoms with E-state index >= 15 is 0 Å². The van der Waals surface area contributed by atoms with Crippen LogP contribution in [0.15, 0.2) is 0 Å². The van der Waals surface area contributed by atoms with Gasteiger partial charge in [-0.25, -0.2) is 0 Å². The summed E-state index contributed by atoms with van der Waals surface area (Å²) in [7, 11) is 0. The maximum atomic E-state index is 11.6. The maximum Gasteiger partial charge on any atom is 0.325 e. The first-order chi connectivity index (χ1) is 7.92. The Kier molecular flexibility index (Phi) is 6.16. The largest absolute Gasteiger partial charge is 0.481 e. The van der Waals surface area contributed by atoms with E-state index in [1.54, 1.807) is 18.7 Å². The molecule has 0 radical (unpaired) electrons. The van der Waals surface area contributed by atoms with Gasteiger partial charge < -0.3 is 10.2 Å². The second-order valence-corrected chi connectivity index (χ2v) is 4.05. The zero-order chi connectivity index (χ0) is 13.6. The molecule has 0 aliphatic carbocycles. The Labute approximate surface area is 102 Å². The van der Waals surface area contributed by atoms with Gasteiger partial charge in [-0.05, 0) is 25.9 Å². The quantitative estimate of drug-likeness (QED) is 0.680. The SMILES string of the molecule is CCC(C(=O)O)[C@@](CC)(C(=O)O)N(CC)CC. The van der Waals surface area contributed by atoms with Gasteiger partial charge in [-0.2, -0.15) is 0 Å². The second kappa shape index (κ2) is 6.59. The third-order valence-corrected chi connectivity index (χ3v) is 3.52. The highest BCUT2D eigenvalue weighted by molar-refractivity contribution is 5.86. The molecule has 0 rings (SSSR count). The molecule has 2 atom stereocenters. The molecule has 0 aliphatic heterocycles. The number of aliphatic carboxylic acids is 2. The van der Waals surface area contributed by atoms with Gasteiger partial charge in [0.15, 0.2) is 0 Å². The first kappa shape index (κ1) is 15.9. The first-order valence-electron chi connectivity index (χ1n) is 6.13. The van der Waals surface area contributed by atoms with E-state index in [-0.39, 0.29) is 6.42 Å². The molecular weight excluding hydrogens is 222 g/mol. The molecule has 0 bridgehead atoms. The first-order valence-corrected chi connectivity index (χ1v) is 6.13. The molecule has 5 nitrogen and oxygen atoms in total. The standard InChI is InChI=1S/C12H23NO4/c1-5-9(10(14)15)12(6-2,11(16)17)13(7-3)8-4/h9H,5-8H2,1-4H3,(H,14,15)(H,16,17)/t9?,12-/m0/s1. The lowest BCUT2D eigenvalue weighted by atomic mass is 9.78. The number of hydrogen-bond donors (Lipinski definition) is 2. The molecule has 0 heterocycles. The van der Waals surface area contributed by atoms with E-state index in [9.17, 15) is 19.8 Å². The molecule has 0 fully saturated rings. The van der Waals surface area contributed by atoms with Gasteiger partial charge in [0.1, 0.15) is 5.54 Å². The van der Waals surface area contributed by atoms with Gasteiger partial charge in [-0.1, -0.05) is 27.7 Å². The predicted molar refractivity (Wildman–Crippen MR) is 65.0 cm³/mol. The maximum absolute atomic E-state index is 11.6. The van der Waals surface area contributed by atoms with Crippen molar-refractivity contribution < 1.29 is 19.8 Å². The molecule has 0 amide bonds. The van der Waals surface area contributed by atoms with Gasteiger partial charge in [0.25, 0.3) is 0 Å². The van der Waals surface area contributed by atoms with Crippen LogP contribution >= 0.6 is 0 Å². The predicted octanol–water partition coefficient (Wildman–Crippen LogP) is 1.67. The van der Waals surface area contributed by atoms with Crippen LogP contribution in [-0.2, 0) is 9.59 Å². The van der Waals surface area contributed by atoms with Crippen LogP contribution in [-0.4, -0.2) is 45.7 Å². The number of carbonyl (C=O) groups is 2. The van der Waals surface area contributed by atoms with Gasteiger partial charge in [0, 0.05) is 0 Å². The van der Waals surface area contributed by atoms with Gasteiger partial charge in [-0.15, -0.1) is 0 Å². The molecule has 100 valence electrons. The normalized spacial score (nSPS) is 16.5. The van der Waals surface area contributed by atoms with E-state index in [0.29, 0.717) is 19.5 Å². The van der Waals surface area contributed by atoms with E-state index in [1.165, 1.54) is 0 Å². The van der Waals surface area contributed by atoms with Crippen molar-refractivity contribution in [1.29, 1.82) is 0 Å². The zero-order valence-corrected chi connectivity index (χ0v) is 11.1. The topological polar surface area (TPSA) is 77.8 Å². The van der Waals surface area contributed by atoms with Crippen molar-refractivity contribution in [3.8, 4) is 0 Å². The molecule has 0 aromatic heterocycles. The van der Waals surface area contributed by atoms with Crippen molar-refractivity contribution >= 4 is 11.9 Å². The minimum Gasteiger partial charge on any atom is -0.481 e. The second-order valence-electron chi connectivity index (χ2n) is 4.05. The number of nitrogens with zero attached hydrogens (tertiary/aromatic N) is 1. The van der Waals surface area contributed by atoms with Gasteiger partial charge in [0.05, 0.1) is 5.92 Å². The molecule has 0 aliphatic rings. The Morgan fingerprint density at radius 2 is 1.59 bits per heavy atom. The van der Waals surface area contributed by atoms with Crippen LogP contribution in [0.1, 0.15) is 40.5 Å². The Hall–Kier alpha value is -1.10. The van der Waals surface area contributed by atoms with Crippen LogP contribution in [0, 0.1) is 5.92 Å². The summed E-state index contributed by atoms with van der Waals surface area (Å²) in [4.78, 5) is 24.6. The van der Waals surface area contributed by atoms with Gasteiger partial charge in [-0.3, -0.25) is 14.5 Å². The lowest BCUT2D eigenvalue weighted by Crippen LogP contribution is -2.60. The summed E-state index contributed by atoms with van der Waals surface area (Å²) >= 11 is 0. The summed E-state index contributed by atoms with van der Waals surface area (Å²) < 4.78 is 0. The fourth-order valence-corrected chi connectivity index (χ4v) is 2.63. The third kappa shape index (κ3) is 2.77. The van der Waals surface area contributed by atoms with Crippen LogP contribution in [0.2, 0.25) is 0 Å². The highest BCUT2D eigenvalue weighted by atomic mass is 16.4. The van der Waals surface area contributed by atoms with Crippen LogP contribution in [0.5, 0.6) is 0 Å². The molecule has 0 saturated carbocycles. The number of likely N-dealkylation sites (N-methyl/N-ethyl adjacent to an activating group) is 1. The highest BCUT2D eigenvalue weighted by Crippen LogP contribution is 2.32. The Bertz CT molecular complexity index is 276. The van der Waals surface area contributed by atoms with E-state index < -0.39 is 23.4 Å². The smallest absolute Gasteiger partial charge is 0.325 e. The Morgan fingerprint density at radius 1 is 1.12 bits per heavy atom.